The monoisotopic (exact) mass is 194 g/mol. The van der Waals surface area contributed by atoms with Crippen LogP contribution in [0.2, 0.25) is 0 Å². The van der Waals surface area contributed by atoms with E-state index in [0.29, 0.717) is 6.04 Å². The first kappa shape index (κ1) is 9.65. The van der Waals surface area contributed by atoms with Crippen LogP contribution in [0.1, 0.15) is 37.5 Å². The summed E-state index contributed by atoms with van der Waals surface area (Å²) in [5, 5.41) is 7.49. The lowest BCUT2D eigenvalue weighted by Crippen LogP contribution is -2.26. The highest BCUT2D eigenvalue weighted by atomic mass is 15.3. The van der Waals surface area contributed by atoms with Crippen molar-refractivity contribution >= 4 is 0 Å². The molecule has 0 spiro atoms. The highest BCUT2D eigenvalue weighted by Gasteiger charge is 2.27. The molecule has 1 unspecified atom stereocenters. The number of nitrogens with one attached hydrogen (secondary N) is 1. The maximum absolute atomic E-state index is 4.32. The Bertz CT molecular complexity index is 288. The second-order valence-corrected chi connectivity index (χ2v) is 4.05. The summed E-state index contributed by atoms with van der Waals surface area (Å²) in [4.78, 5) is 4.32. The largest absolute Gasteiger partial charge is 0.310 e. The lowest BCUT2D eigenvalue weighted by atomic mass is 9.97. The molecular weight excluding hydrogens is 176 g/mol. The zero-order chi connectivity index (χ0) is 9.97. The molecular formula is C10H18N4. The van der Waals surface area contributed by atoms with Crippen molar-refractivity contribution in [2.45, 2.75) is 31.7 Å². The summed E-state index contributed by atoms with van der Waals surface area (Å²) in [5.41, 5.74) is 0. The van der Waals surface area contributed by atoms with E-state index < -0.39 is 0 Å². The summed E-state index contributed by atoms with van der Waals surface area (Å²) in [6, 6.07) is 0.380. The number of rotatable bonds is 3. The van der Waals surface area contributed by atoms with Crippen molar-refractivity contribution in [2.75, 3.05) is 7.05 Å². The Kier molecular flexibility index (Phi) is 2.82. The van der Waals surface area contributed by atoms with Gasteiger partial charge in [-0.3, -0.25) is 4.68 Å². The number of hydrogen-bond donors (Lipinski definition) is 1. The summed E-state index contributed by atoms with van der Waals surface area (Å²) in [7, 11) is 3.97. The van der Waals surface area contributed by atoms with Crippen LogP contribution in [-0.2, 0) is 7.05 Å². The Morgan fingerprint density at radius 3 is 2.71 bits per heavy atom. The molecule has 0 amide bonds. The van der Waals surface area contributed by atoms with E-state index in [4.69, 9.17) is 0 Å². The van der Waals surface area contributed by atoms with Gasteiger partial charge < -0.3 is 5.32 Å². The van der Waals surface area contributed by atoms with Gasteiger partial charge in [0.1, 0.15) is 12.2 Å². The van der Waals surface area contributed by atoms with Crippen LogP contribution in [0.15, 0.2) is 6.33 Å². The smallest absolute Gasteiger partial charge is 0.143 e. The van der Waals surface area contributed by atoms with Crippen LogP contribution in [0.25, 0.3) is 0 Å². The van der Waals surface area contributed by atoms with Crippen molar-refractivity contribution in [2.24, 2.45) is 13.0 Å². The minimum atomic E-state index is 0.380. The molecule has 78 valence electrons. The van der Waals surface area contributed by atoms with Crippen LogP contribution < -0.4 is 5.32 Å². The minimum Gasteiger partial charge on any atom is -0.310 e. The summed E-state index contributed by atoms with van der Waals surface area (Å²) < 4.78 is 1.87. The third kappa shape index (κ3) is 1.66. The molecule has 0 bridgehead atoms. The van der Waals surface area contributed by atoms with Crippen LogP contribution in [0.4, 0.5) is 0 Å². The molecule has 1 aromatic rings. The molecule has 14 heavy (non-hydrogen) atoms. The zero-order valence-electron chi connectivity index (χ0n) is 8.90. The molecule has 1 aromatic heterocycles. The van der Waals surface area contributed by atoms with Gasteiger partial charge in [-0.1, -0.05) is 12.8 Å². The number of nitrogens with zero attached hydrogens (tertiary/aromatic N) is 3. The first-order valence-corrected chi connectivity index (χ1v) is 5.34. The maximum atomic E-state index is 4.32. The third-order valence-electron chi connectivity index (χ3n) is 3.21. The average Bonchev–Trinajstić information content (AvgIpc) is 2.80. The summed E-state index contributed by atoms with van der Waals surface area (Å²) >= 11 is 0. The highest BCUT2D eigenvalue weighted by Crippen LogP contribution is 2.34. The summed E-state index contributed by atoms with van der Waals surface area (Å²) in [6.07, 6.45) is 6.99. The second-order valence-electron chi connectivity index (χ2n) is 4.05. The zero-order valence-corrected chi connectivity index (χ0v) is 8.90. The van der Waals surface area contributed by atoms with Crippen LogP contribution >= 0.6 is 0 Å². The van der Waals surface area contributed by atoms with E-state index >= 15 is 0 Å². The summed E-state index contributed by atoms with van der Waals surface area (Å²) in [5.74, 6) is 1.81. The molecule has 0 aromatic carbocycles. The van der Waals surface area contributed by atoms with E-state index in [1.54, 1.807) is 6.33 Å². The standard InChI is InChI=1S/C10H18N4/c1-11-9(8-5-3-4-6-8)10-12-7-13-14(10)2/h7-9,11H,3-6H2,1-2H3. The van der Waals surface area contributed by atoms with Gasteiger partial charge in [-0.25, -0.2) is 4.98 Å². The maximum Gasteiger partial charge on any atom is 0.143 e. The molecule has 4 heteroatoms. The molecule has 1 saturated carbocycles. The van der Waals surface area contributed by atoms with Gasteiger partial charge >= 0.3 is 0 Å². The van der Waals surface area contributed by atoms with Crippen molar-refractivity contribution in [1.29, 1.82) is 0 Å². The quantitative estimate of drug-likeness (QED) is 0.788. The third-order valence-corrected chi connectivity index (χ3v) is 3.21. The lowest BCUT2D eigenvalue weighted by molar-refractivity contribution is 0.363. The van der Waals surface area contributed by atoms with Crippen LogP contribution in [0.3, 0.4) is 0 Å². The van der Waals surface area contributed by atoms with Crippen molar-refractivity contribution in [1.82, 2.24) is 20.1 Å². The van der Waals surface area contributed by atoms with E-state index in [9.17, 15) is 0 Å². The van der Waals surface area contributed by atoms with E-state index in [-0.39, 0.29) is 0 Å². The van der Waals surface area contributed by atoms with Gasteiger partial charge in [0.25, 0.3) is 0 Å². The molecule has 1 heterocycles. The van der Waals surface area contributed by atoms with Gasteiger partial charge in [0, 0.05) is 7.05 Å². The van der Waals surface area contributed by atoms with Crippen LogP contribution in [0, 0.1) is 5.92 Å². The Morgan fingerprint density at radius 2 is 2.21 bits per heavy atom. The van der Waals surface area contributed by atoms with Crippen molar-refractivity contribution < 1.29 is 0 Å². The lowest BCUT2D eigenvalue weighted by Gasteiger charge is -2.21. The number of aryl methyl sites for hydroxylation is 1. The molecule has 4 nitrogen and oxygen atoms in total. The first-order valence-electron chi connectivity index (χ1n) is 5.34. The van der Waals surface area contributed by atoms with Gasteiger partial charge in [-0.05, 0) is 25.8 Å². The Hall–Kier alpha value is -0.900. The van der Waals surface area contributed by atoms with Gasteiger partial charge in [-0.2, -0.15) is 5.10 Å². The van der Waals surface area contributed by atoms with E-state index in [1.807, 2.05) is 18.8 Å². The van der Waals surface area contributed by atoms with Gasteiger partial charge in [-0.15, -0.1) is 0 Å². The molecule has 1 N–H and O–H groups in total. The molecule has 0 saturated heterocycles. The molecule has 2 rings (SSSR count). The van der Waals surface area contributed by atoms with Gasteiger partial charge in [0.05, 0.1) is 6.04 Å². The molecule has 1 aliphatic carbocycles. The fraction of sp³-hybridized carbons (Fsp3) is 0.800. The van der Waals surface area contributed by atoms with Crippen molar-refractivity contribution in [3.05, 3.63) is 12.2 Å². The normalized spacial score (nSPS) is 20.1. The van der Waals surface area contributed by atoms with E-state index in [0.717, 1.165) is 11.7 Å². The SMILES string of the molecule is CNC(c1ncnn1C)C1CCCC1. The van der Waals surface area contributed by atoms with Gasteiger partial charge in [0.15, 0.2) is 0 Å². The first-order chi connectivity index (χ1) is 6.83. The predicted octanol–water partition coefficient (Wildman–Crippen LogP) is 1.27. The number of hydrogen-bond acceptors (Lipinski definition) is 3. The Morgan fingerprint density at radius 1 is 1.50 bits per heavy atom. The molecule has 1 aliphatic rings. The Balaban J connectivity index is 2.16. The fourth-order valence-electron chi connectivity index (χ4n) is 2.45. The van der Waals surface area contributed by atoms with Crippen molar-refractivity contribution in [3.8, 4) is 0 Å². The highest BCUT2D eigenvalue weighted by molar-refractivity contribution is 4.97. The fourth-order valence-corrected chi connectivity index (χ4v) is 2.45. The Labute approximate surface area is 84.7 Å². The molecule has 1 atom stereocenters. The van der Waals surface area contributed by atoms with Crippen LogP contribution in [-0.4, -0.2) is 21.8 Å². The predicted molar refractivity (Wildman–Crippen MR) is 54.8 cm³/mol. The van der Waals surface area contributed by atoms with Gasteiger partial charge in [0.2, 0.25) is 0 Å². The van der Waals surface area contributed by atoms with Crippen LogP contribution in [0.5, 0.6) is 0 Å². The van der Waals surface area contributed by atoms with E-state index in [1.165, 1.54) is 25.7 Å². The molecule has 0 radical (unpaired) electrons. The average molecular weight is 194 g/mol. The number of aromatic nitrogens is 3. The molecule has 0 aliphatic heterocycles. The molecule has 1 fully saturated rings. The van der Waals surface area contributed by atoms with E-state index in [2.05, 4.69) is 15.4 Å². The minimum absolute atomic E-state index is 0.380. The topological polar surface area (TPSA) is 42.7 Å². The summed E-state index contributed by atoms with van der Waals surface area (Å²) in [6.45, 7) is 0. The van der Waals surface area contributed by atoms with Crippen molar-refractivity contribution in [3.63, 3.8) is 0 Å². The second kappa shape index (κ2) is 4.09.